The SMILES string of the molecule is COCCOc1ccc(Cl)cc1S(=O)(=O)NC(=O)c1cncn1C. The first kappa shape index (κ1) is 18.2. The number of nitrogens with one attached hydrogen (secondary N) is 1. The minimum Gasteiger partial charge on any atom is -0.490 e. The summed E-state index contributed by atoms with van der Waals surface area (Å²) in [7, 11) is -1.11. The molecule has 0 radical (unpaired) electrons. The molecule has 0 aliphatic carbocycles. The van der Waals surface area contributed by atoms with Crippen molar-refractivity contribution in [1.29, 1.82) is 0 Å². The van der Waals surface area contributed by atoms with Crippen LogP contribution in [-0.4, -0.2) is 44.2 Å². The zero-order valence-corrected chi connectivity index (χ0v) is 14.6. The molecule has 24 heavy (non-hydrogen) atoms. The van der Waals surface area contributed by atoms with Gasteiger partial charge < -0.3 is 14.0 Å². The summed E-state index contributed by atoms with van der Waals surface area (Å²) in [5.74, 6) is -0.737. The lowest BCUT2D eigenvalue weighted by Crippen LogP contribution is -2.32. The van der Waals surface area contributed by atoms with Crippen molar-refractivity contribution in [3.63, 3.8) is 0 Å². The van der Waals surface area contributed by atoms with E-state index in [2.05, 4.69) is 4.98 Å². The molecule has 1 aromatic heterocycles. The largest absolute Gasteiger partial charge is 0.490 e. The van der Waals surface area contributed by atoms with Crippen LogP contribution in [0.5, 0.6) is 5.75 Å². The number of aromatic nitrogens is 2. The summed E-state index contributed by atoms with van der Waals surface area (Å²) in [6.45, 7) is 0.430. The van der Waals surface area contributed by atoms with Crippen LogP contribution in [0.1, 0.15) is 10.5 Å². The van der Waals surface area contributed by atoms with E-state index in [4.69, 9.17) is 21.1 Å². The van der Waals surface area contributed by atoms with Crippen LogP contribution in [0.2, 0.25) is 5.02 Å². The quantitative estimate of drug-likeness (QED) is 0.732. The molecule has 0 unspecified atom stereocenters. The second-order valence-electron chi connectivity index (χ2n) is 4.76. The number of nitrogens with zero attached hydrogens (tertiary/aromatic N) is 2. The number of ether oxygens (including phenoxy) is 2. The summed E-state index contributed by atoms with van der Waals surface area (Å²) in [6, 6.07) is 4.12. The predicted octanol–water partition coefficient (Wildman–Crippen LogP) is 1.22. The number of aryl methyl sites for hydroxylation is 1. The lowest BCUT2D eigenvalue weighted by Gasteiger charge is -2.13. The number of rotatable bonds is 7. The average Bonchev–Trinajstić information content (AvgIpc) is 2.94. The smallest absolute Gasteiger partial charge is 0.283 e. The van der Waals surface area contributed by atoms with Crippen molar-refractivity contribution in [3.05, 3.63) is 41.4 Å². The van der Waals surface area contributed by atoms with Crippen molar-refractivity contribution < 1.29 is 22.7 Å². The van der Waals surface area contributed by atoms with Gasteiger partial charge in [0.25, 0.3) is 15.9 Å². The highest BCUT2D eigenvalue weighted by atomic mass is 35.5. The standard InChI is InChI=1S/C14H16ClN3O5S/c1-18-9-16-8-11(18)14(19)17-24(20,21)13-7-10(15)3-4-12(13)23-6-5-22-2/h3-4,7-9H,5-6H2,1-2H3,(H,17,19). The van der Waals surface area contributed by atoms with Gasteiger partial charge in [-0.3, -0.25) is 4.79 Å². The van der Waals surface area contributed by atoms with Crippen molar-refractivity contribution in [2.45, 2.75) is 4.90 Å². The molecule has 0 atom stereocenters. The van der Waals surface area contributed by atoms with Gasteiger partial charge in [-0.15, -0.1) is 0 Å². The van der Waals surface area contributed by atoms with E-state index >= 15 is 0 Å². The zero-order chi connectivity index (χ0) is 17.7. The minimum absolute atomic E-state index is 0.0711. The summed E-state index contributed by atoms with van der Waals surface area (Å²) >= 11 is 5.87. The third kappa shape index (κ3) is 4.25. The first-order valence-corrected chi connectivity index (χ1v) is 8.66. The monoisotopic (exact) mass is 373 g/mol. The number of amides is 1. The Bertz CT molecular complexity index is 835. The molecule has 1 aromatic carbocycles. The number of imidazole rings is 1. The van der Waals surface area contributed by atoms with Crippen LogP contribution in [0.4, 0.5) is 0 Å². The molecule has 8 nitrogen and oxygen atoms in total. The van der Waals surface area contributed by atoms with E-state index in [1.807, 2.05) is 4.72 Å². The van der Waals surface area contributed by atoms with Gasteiger partial charge in [-0.1, -0.05) is 11.6 Å². The molecule has 2 rings (SSSR count). The Kier molecular flexibility index (Phi) is 5.81. The van der Waals surface area contributed by atoms with E-state index in [1.165, 1.54) is 42.4 Å². The maximum atomic E-state index is 12.5. The van der Waals surface area contributed by atoms with Gasteiger partial charge in [-0.25, -0.2) is 18.1 Å². The topological polar surface area (TPSA) is 99.5 Å². The van der Waals surface area contributed by atoms with Crippen LogP contribution in [0.3, 0.4) is 0 Å². The molecule has 130 valence electrons. The van der Waals surface area contributed by atoms with Crippen LogP contribution >= 0.6 is 11.6 Å². The number of benzene rings is 1. The number of carbonyl (C=O) groups excluding carboxylic acids is 1. The van der Waals surface area contributed by atoms with Gasteiger partial charge in [0.1, 0.15) is 22.9 Å². The van der Waals surface area contributed by atoms with Crippen LogP contribution in [0, 0.1) is 0 Å². The number of sulfonamides is 1. The molecule has 1 amide bonds. The molecular weight excluding hydrogens is 358 g/mol. The molecular formula is C14H16ClN3O5S. The third-order valence-corrected chi connectivity index (χ3v) is 4.60. The van der Waals surface area contributed by atoms with E-state index in [9.17, 15) is 13.2 Å². The number of halogens is 1. The Hall–Kier alpha value is -2.10. The second kappa shape index (κ2) is 7.65. The molecule has 2 aromatic rings. The van der Waals surface area contributed by atoms with Gasteiger partial charge in [0.2, 0.25) is 0 Å². The summed E-state index contributed by atoms with van der Waals surface area (Å²) < 4.78 is 38.7. The summed E-state index contributed by atoms with van der Waals surface area (Å²) in [5.41, 5.74) is 0.0995. The van der Waals surface area contributed by atoms with Gasteiger partial charge in [-0.2, -0.15) is 0 Å². The highest BCUT2D eigenvalue weighted by molar-refractivity contribution is 7.90. The zero-order valence-electron chi connectivity index (χ0n) is 13.0. The minimum atomic E-state index is -4.18. The maximum absolute atomic E-state index is 12.5. The van der Waals surface area contributed by atoms with Crippen molar-refractivity contribution in [2.75, 3.05) is 20.3 Å². The molecule has 1 heterocycles. The number of hydrogen-bond acceptors (Lipinski definition) is 6. The second-order valence-corrected chi connectivity index (χ2v) is 6.84. The summed E-state index contributed by atoms with van der Waals surface area (Å²) in [6.07, 6.45) is 2.65. The molecule has 0 bridgehead atoms. The van der Waals surface area contributed by atoms with Crippen LogP contribution < -0.4 is 9.46 Å². The van der Waals surface area contributed by atoms with Gasteiger partial charge in [0.15, 0.2) is 0 Å². The maximum Gasteiger partial charge on any atom is 0.283 e. The fourth-order valence-electron chi connectivity index (χ4n) is 1.85. The molecule has 0 fully saturated rings. The molecule has 0 aliphatic rings. The van der Waals surface area contributed by atoms with Crippen LogP contribution in [-0.2, 0) is 21.8 Å². The summed E-state index contributed by atoms with van der Waals surface area (Å²) in [5, 5.41) is 0.197. The van der Waals surface area contributed by atoms with E-state index in [-0.39, 0.29) is 34.6 Å². The number of methoxy groups -OCH3 is 1. The fourth-order valence-corrected chi connectivity index (χ4v) is 3.22. The molecule has 0 spiro atoms. The third-order valence-electron chi connectivity index (χ3n) is 3.02. The lowest BCUT2D eigenvalue weighted by atomic mass is 10.3. The van der Waals surface area contributed by atoms with Crippen molar-refractivity contribution in [2.24, 2.45) is 7.05 Å². The van der Waals surface area contributed by atoms with Gasteiger partial charge in [-0.05, 0) is 18.2 Å². The number of hydrogen-bond donors (Lipinski definition) is 1. The highest BCUT2D eigenvalue weighted by Gasteiger charge is 2.24. The van der Waals surface area contributed by atoms with Crippen LogP contribution in [0.25, 0.3) is 0 Å². The Balaban J connectivity index is 2.29. The first-order chi connectivity index (χ1) is 11.3. The summed E-state index contributed by atoms with van der Waals surface area (Å²) in [4.78, 5) is 15.7. The first-order valence-electron chi connectivity index (χ1n) is 6.80. The Morgan fingerprint density at radius 3 is 2.75 bits per heavy atom. The van der Waals surface area contributed by atoms with Crippen LogP contribution in [0.15, 0.2) is 35.6 Å². The van der Waals surface area contributed by atoms with Gasteiger partial charge in [0.05, 0.1) is 19.1 Å². The number of carbonyl (C=O) groups is 1. The Morgan fingerprint density at radius 2 is 2.12 bits per heavy atom. The fraction of sp³-hybridized carbons (Fsp3) is 0.286. The van der Waals surface area contributed by atoms with E-state index in [0.717, 1.165) is 0 Å². The Morgan fingerprint density at radius 1 is 1.38 bits per heavy atom. The van der Waals surface area contributed by atoms with Gasteiger partial charge in [0, 0.05) is 19.2 Å². The molecule has 1 N–H and O–H groups in total. The molecule has 0 aliphatic heterocycles. The molecule has 0 saturated carbocycles. The highest BCUT2D eigenvalue weighted by Crippen LogP contribution is 2.27. The van der Waals surface area contributed by atoms with E-state index < -0.39 is 15.9 Å². The van der Waals surface area contributed by atoms with Crippen molar-refractivity contribution in [3.8, 4) is 5.75 Å². The molecule has 10 heteroatoms. The molecule has 0 saturated heterocycles. The van der Waals surface area contributed by atoms with Crippen molar-refractivity contribution in [1.82, 2.24) is 14.3 Å². The average molecular weight is 374 g/mol. The lowest BCUT2D eigenvalue weighted by molar-refractivity contribution is 0.0973. The van der Waals surface area contributed by atoms with Gasteiger partial charge >= 0.3 is 0 Å². The van der Waals surface area contributed by atoms with E-state index in [1.54, 1.807) is 7.05 Å². The normalized spacial score (nSPS) is 11.3. The predicted molar refractivity (Wildman–Crippen MR) is 86.7 cm³/mol. The van der Waals surface area contributed by atoms with E-state index in [0.29, 0.717) is 0 Å². The van der Waals surface area contributed by atoms with Crippen molar-refractivity contribution >= 4 is 27.5 Å². The Labute approximate surface area is 144 Å².